The highest BCUT2D eigenvalue weighted by Crippen LogP contribution is 2.13. The van der Waals surface area contributed by atoms with E-state index in [9.17, 15) is 10.2 Å². The summed E-state index contributed by atoms with van der Waals surface area (Å²) >= 11 is 0. The lowest BCUT2D eigenvalue weighted by Crippen LogP contribution is -2.25. The standard InChI is InChI=1S/C14H29O2/c1-3-5-7-8-10-12-14(16)13(15)11-9-6-4-2/h13-16H,2-12H2,1H3. The number of hydrogen-bond acceptors (Lipinski definition) is 2. The summed E-state index contributed by atoms with van der Waals surface area (Å²) in [4.78, 5) is 0. The van der Waals surface area contributed by atoms with Gasteiger partial charge in [0.2, 0.25) is 0 Å². The average Bonchev–Trinajstić information content (AvgIpc) is 2.28. The first-order chi connectivity index (χ1) is 7.72. The van der Waals surface area contributed by atoms with E-state index in [-0.39, 0.29) is 0 Å². The summed E-state index contributed by atoms with van der Waals surface area (Å²) in [6, 6.07) is 0. The molecule has 0 amide bonds. The van der Waals surface area contributed by atoms with E-state index in [2.05, 4.69) is 13.8 Å². The summed E-state index contributed by atoms with van der Waals surface area (Å²) in [6.07, 6.45) is 9.33. The number of unbranched alkanes of at least 4 members (excludes halogenated alkanes) is 6. The van der Waals surface area contributed by atoms with Gasteiger partial charge >= 0.3 is 0 Å². The molecule has 0 saturated carbocycles. The van der Waals surface area contributed by atoms with Gasteiger partial charge in [-0.15, -0.1) is 0 Å². The fourth-order valence-electron chi connectivity index (χ4n) is 1.87. The molecule has 2 heteroatoms. The van der Waals surface area contributed by atoms with Crippen molar-refractivity contribution in [1.29, 1.82) is 0 Å². The van der Waals surface area contributed by atoms with Crippen LogP contribution < -0.4 is 0 Å². The Morgan fingerprint density at radius 1 is 0.812 bits per heavy atom. The Labute approximate surface area is 101 Å². The summed E-state index contributed by atoms with van der Waals surface area (Å²) < 4.78 is 0. The van der Waals surface area contributed by atoms with Crippen LogP contribution in [0.3, 0.4) is 0 Å². The molecule has 0 saturated heterocycles. The lowest BCUT2D eigenvalue weighted by atomic mass is 10.0. The number of aliphatic hydroxyl groups is 2. The van der Waals surface area contributed by atoms with Crippen LogP contribution in [-0.4, -0.2) is 22.4 Å². The molecule has 0 rings (SSSR count). The average molecular weight is 229 g/mol. The second-order valence-electron chi connectivity index (χ2n) is 4.69. The third-order valence-electron chi connectivity index (χ3n) is 3.05. The van der Waals surface area contributed by atoms with Crippen molar-refractivity contribution in [2.24, 2.45) is 0 Å². The van der Waals surface area contributed by atoms with Crippen LogP contribution in [-0.2, 0) is 0 Å². The van der Waals surface area contributed by atoms with Crippen LogP contribution in [0, 0.1) is 6.92 Å². The maximum Gasteiger partial charge on any atom is 0.0799 e. The zero-order valence-corrected chi connectivity index (χ0v) is 10.8. The lowest BCUT2D eigenvalue weighted by Gasteiger charge is -2.17. The minimum Gasteiger partial charge on any atom is -0.390 e. The first-order valence-corrected chi connectivity index (χ1v) is 6.87. The molecular weight excluding hydrogens is 200 g/mol. The van der Waals surface area contributed by atoms with Gasteiger partial charge in [-0.2, -0.15) is 0 Å². The summed E-state index contributed by atoms with van der Waals surface area (Å²) in [5.74, 6) is 0. The van der Waals surface area contributed by atoms with E-state index in [0.29, 0.717) is 6.42 Å². The molecule has 0 aromatic carbocycles. The molecule has 97 valence electrons. The van der Waals surface area contributed by atoms with Crippen LogP contribution in [0.25, 0.3) is 0 Å². The fourth-order valence-corrected chi connectivity index (χ4v) is 1.87. The van der Waals surface area contributed by atoms with Gasteiger partial charge in [-0.25, -0.2) is 0 Å². The second-order valence-corrected chi connectivity index (χ2v) is 4.69. The van der Waals surface area contributed by atoms with E-state index >= 15 is 0 Å². The molecule has 1 radical (unpaired) electrons. The Morgan fingerprint density at radius 2 is 1.31 bits per heavy atom. The summed E-state index contributed by atoms with van der Waals surface area (Å²) in [7, 11) is 0. The molecule has 0 spiro atoms. The van der Waals surface area contributed by atoms with Crippen molar-refractivity contribution in [1.82, 2.24) is 0 Å². The summed E-state index contributed by atoms with van der Waals surface area (Å²) in [5, 5.41) is 19.4. The molecule has 0 aromatic heterocycles. The normalized spacial score (nSPS) is 15.0. The lowest BCUT2D eigenvalue weighted by molar-refractivity contribution is 0.00724. The SMILES string of the molecule is [CH2]CCCCC(O)C(O)CCCCCCC. The van der Waals surface area contributed by atoms with Crippen molar-refractivity contribution in [2.45, 2.75) is 83.3 Å². The zero-order valence-electron chi connectivity index (χ0n) is 10.8. The molecule has 2 atom stereocenters. The number of aliphatic hydroxyl groups excluding tert-OH is 2. The van der Waals surface area contributed by atoms with Gasteiger partial charge in [-0.3, -0.25) is 0 Å². The molecule has 16 heavy (non-hydrogen) atoms. The number of rotatable bonds is 11. The van der Waals surface area contributed by atoms with Crippen LogP contribution in [0.15, 0.2) is 0 Å². The van der Waals surface area contributed by atoms with Gasteiger partial charge in [-0.05, 0) is 12.8 Å². The highest BCUT2D eigenvalue weighted by atomic mass is 16.3. The topological polar surface area (TPSA) is 40.5 Å². The Bertz CT molecular complexity index is 137. The Balaban J connectivity index is 3.36. The summed E-state index contributed by atoms with van der Waals surface area (Å²) in [6.45, 7) is 5.96. The van der Waals surface area contributed by atoms with Crippen LogP contribution in [0.4, 0.5) is 0 Å². The highest BCUT2D eigenvalue weighted by molar-refractivity contribution is 4.67. The van der Waals surface area contributed by atoms with Crippen molar-refractivity contribution >= 4 is 0 Å². The summed E-state index contributed by atoms with van der Waals surface area (Å²) in [5.41, 5.74) is 0. The van der Waals surface area contributed by atoms with Gasteiger partial charge in [0.25, 0.3) is 0 Å². The molecule has 0 aliphatic rings. The van der Waals surface area contributed by atoms with E-state index in [4.69, 9.17) is 0 Å². The molecule has 0 aliphatic heterocycles. The van der Waals surface area contributed by atoms with Gasteiger partial charge in [0.1, 0.15) is 0 Å². The van der Waals surface area contributed by atoms with Gasteiger partial charge in [0.15, 0.2) is 0 Å². The predicted molar refractivity (Wildman–Crippen MR) is 69.2 cm³/mol. The molecule has 0 heterocycles. The quantitative estimate of drug-likeness (QED) is 0.533. The molecule has 2 N–H and O–H groups in total. The van der Waals surface area contributed by atoms with Gasteiger partial charge in [-0.1, -0.05) is 65.2 Å². The van der Waals surface area contributed by atoms with Crippen LogP contribution >= 0.6 is 0 Å². The maximum absolute atomic E-state index is 9.71. The Kier molecular flexibility index (Phi) is 11.3. The molecule has 0 fully saturated rings. The van der Waals surface area contributed by atoms with Crippen molar-refractivity contribution in [3.63, 3.8) is 0 Å². The van der Waals surface area contributed by atoms with E-state index in [1.807, 2.05) is 0 Å². The minimum atomic E-state index is -0.530. The van der Waals surface area contributed by atoms with Crippen LogP contribution in [0.2, 0.25) is 0 Å². The van der Waals surface area contributed by atoms with Gasteiger partial charge in [0, 0.05) is 0 Å². The van der Waals surface area contributed by atoms with E-state index in [0.717, 1.165) is 32.1 Å². The Hall–Kier alpha value is -0.0800. The molecule has 0 aromatic rings. The van der Waals surface area contributed by atoms with E-state index in [1.165, 1.54) is 25.7 Å². The fraction of sp³-hybridized carbons (Fsp3) is 0.929. The second kappa shape index (κ2) is 11.4. The zero-order chi connectivity index (χ0) is 12.2. The van der Waals surface area contributed by atoms with Crippen LogP contribution in [0.1, 0.15) is 71.1 Å². The van der Waals surface area contributed by atoms with Crippen LogP contribution in [0.5, 0.6) is 0 Å². The minimum absolute atomic E-state index is 0.522. The molecule has 0 bridgehead atoms. The largest absolute Gasteiger partial charge is 0.390 e. The number of hydrogen-bond donors (Lipinski definition) is 2. The highest BCUT2D eigenvalue weighted by Gasteiger charge is 2.14. The third kappa shape index (κ3) is 9.17. The van der Waals surface area contributed by atoms with Crippen molar-refractivity contribution in [2.75, 3.05) is 0 Å². The Morgan fingerprint density at radius 3 is 1.81 bits per heavy atom. The predicted octanol–water partition coefficient (Wildman–Crippen LogP) is 3.46. The molecule has 2 nitrogen and oxygen atoms in total. The van der Waals surface area contributed by atoms with Gasteiger partial charge in [0.05, 0.1) is 12.2 Å². The monoisotopic (exact) mass is 229 g/mol. The maximum atomic E-state index is 9.71. The van der Waals surface area contributed by atoms with Crippen molar-refractivity contribution < 1.29 is 10.2 Å². The smallest absolute Gasteiger partial charge is 0.0799 e. The molecular formula is C14H29O2. The first-order valence-electron chi connectivity index (χ1n) is 6.87. The van der Waals surface area contributed by atoms with Gasteiger partial charge < -0.3 is 10.2 Å². The third-order valence-corrected chi connectivity index (χ3v) is 3.05. The van der Waals surface area contributed by atoms with Crippen molar-refractivity contribution in [3.8, 4) is 0 Å². The first kappa shape index (κ1) is 15.9. The van der Waals surface area contributed by atoms with E-state index < -0.39 is 12.2 Å². The molecule has 0 aliphatic carbocycles. The van der Waals surface area contributed by atoms with Crippen molar-refractivity contribution in [3.05, 3.63) is 6.92 Å². The molecule has 2 unspecified atom stereocenters. The van der Waals surface area contributed by atoms with E-state index in [1.54, 1.807) is 0 Å².